The Balaban J connectivity index is 2.45. The number of hydrogen-bond acceptors (Lipinski definition) is 3. The van der Waals surface area contributed by atoms with Crippen molar-refractivity contribution >= 4 is 11.8 Å². The van der Waals surface area contributed by atoms with Gasteiger partial charge in [-0.3, -0.25) is 0 Å². The summed E-state index contributed by atoms with van der Waals surface area (Å²) in [6, 6.07) is 15.4. The highest BCUT2D eigenvalue weighted by Crippen LogP contribution is 2.33. The van der Waals surface area contributed by atoms with Crippen LogP contribution in [0, 0.1) is 28.5 Å². The molecule has 0 aliphatic carbocycles. The zero-order valence-corrected chi connectivity index (χ0v) is 10.0. The molecular weight excluding hydrogens is 247 g/mol. The Labute approximate surface area is 108 Å². The van der Waals surface area contributed by atoms with E-state index in [9.17, 15) is 4.39 Å². The maximum absolute atomic E-state index is 13.4. The number of benzene rings is 2. The van der Waals surface area contributed by atoms with Crippen molar-refractivity contribution in [2.45, 2.75) is 9.79 Å². The van der Waals surface area contributed by atoms with Crippen LogP contribution in [0.2, 0.25) is 0 Å². The summed E-state index contributed by atoms with van der Waals surface area (Å²) in [5.74, 6) is -0.545. The molecule has 0 aromatic heterocycles. The van der Waals surface area contributed by atoms with Crippen molar-refractivity contribution in [3.05, 3.63) is 59.4 Å². The van der Waals surface area contributed by atoms with Crippen LogP contribution >= 0.6 is 11.8 Å². The zero-order valence-electron chi connectivity index (χ0n) is 9.22. The van der Waals surface area contributed by atoms with Gasteiger partial charge in [0.2, 0.25) is 0 Å². The van der Waals surface area contributed by atoms with Crippen molar-refractivity contribution in [3.63, 3.8) is 0 Å². The molecule has 0 fully saturated rings. The van der Waals surface area contributed by atoms with Gasteiger partial charge in [-0.1, -0.05) is 30.0 Å². The lowest BCUT2D eigenvalue weighted by Gasteiger charge is -2.05. The Morgan fingerprint density at radius 1 is 0.889 bits per heavy atom. The molecule has 0 aliphatic heterocycles. The van der Waals surface area contributed by atoms with E-state index in [0.717, 1.165) is 0 Å². The maximum atomic E-state index is 13.4. The molecule has 0 unspecified atom stereocenters. The number of rotatable bonds is 2. The molecule has 4 heteroatoms. The summed E-state index contributed by atoms with van der Waals surface area (Å²) in [7, 11) is 0. The van der Waals surface area contributed by atoms with Crippen LogP contribution in [-0.4, -0.2) is 0 Å². The van der Waals surface area contributed by atoms with Gasteiger partial charge in [0, 0.05) is 9.79 Å². The molecular formula is C14H7FN2S. The topological polar surface area (TPSA) is 47.6 Å². The van der Waals surface area contributed by atoms with E-state index in [4.69, 9.17) is 10.5 Å². The number of nitrogens with zero attached hydrogens (tertiary/aromatic N) is 2. The average Bonchev–Trinajstić information content (AvgIpc) is 2.40. The molecule has 86 valence electrons. The Morgan fingerprint density at radius 2 is 1.61 bits per heavy atom. The molecule has 0 amide bonds. The third kappa shape index (κ3) is 2.34. The van der Waals surface area contributed by atoms with Crippen LogP contribution in [0.5, 0.6) is 0 Å². The Bertz CT molecular complexity index is 668. The van der Waals surface area contributed by atoms with Crippen LogP contribution in [-0.2, 0) is 0 Å². The molecule has 0 radical (unpaired) electrons. The van der Waals surface area contributed by atoms with Gasteiger partial charge in [-0.2, -0.15) is 10.5 Å². The molecule has 0 saturated heterocycles. The van der Waals surface area contributed by atoms with E-state index in [0.29, 0.717) is 15.4 Å². The van der Waals surface area contributed by atoms with Gasteiger partial charge in [-0.05, 0) is 24.3 Å². The standard InChI is InChI=1S/C14H7FN2S/c15-12-5-3-7-14(11(12)9-17)18-13-6-2-1-4-10(13)8-16/h1-7H. The van der Waals surface area contributed by atoms with E-state index in [1.54, 1.807) is 36.4 Å². The van der Waals surface area contributed by atoms with Gasteiger partial charge in [0.05, 0.1) is 5.56 Å². The highest BCUT2D eigenvalue weighted by atomic mass is 32.2. The van der Waals surface area contributed by atoms with E-state index in [1.165, 1.54) is 17.8 Å². The molecule has 2 nitrogen and oxygen atoms in total. The van der Waals surface area contributed by atoms with Crippen LogP contribution in [0.25, 0.3) is 0 Å². The summed E-state index contributed by atoms with van der Waals surface area (Å²) in [5.41, 5.74) is 0.519. The Morgan fingerprint density at radius 3 is 2.33 bits per heavy atom. The molecule has 18 heavy (non-hydrogen) atoms. The fourth-order valence-corrected chi connectivity index (χ4v) is 2.46. The van der Waals surface area contributed by atoms with Crippen molar-refractivity contribution in [1.29, 1.82) is 10.5 Å². The molecule has 0 N–H and O–H groups in total. The van der Waals surface area contributed by atoms with Crippen molar-refractivity contribution in [3.8, 4) is 12.1 Å². The van der Waals surface area contributed by atoms with Crippen molar-refractivity contribution in [1.82, 2.24) is 0 Å². The molecule has 2 rings (SSSR count). The van der Waals surface area contributed by atoms with Gasteiger partial charge < -0.3 is 0 Å². The van der Waals surface area contributed by atoms with Crippen LogP contribution in [0.1, 0.15) is 11.1 Å². The van der Waals surface area contributed by atoms with Gasteiger partial charge in [0.25, 0.3) is 0 Å². The SMILES string of the molecule is N#Cc1ccccc1Sc1cccc(F)c1C#N. The Kier molecular flexibility index (Phi) is 3.62. The predicted molar refractivity (Wildman–Crippen MR) is 66.4 cm³/mol. The number of nitriles is 2. The van der Waals surface area contributed by atoms with E-state index in [1.807, 2.05) is 6.07 Å². The van der Waals surface area contributed by atoms with Gasteiger partial charge in [-0.15, -0.1) is 0 Å². The highest BCUT2D eigenvalue weighted by molar-refractivity contribution is 7.99. The van der Waals surface area contributed by atoms with Gasteiger partial charge in [0.15, 0.2) is 0 Å². The normalized spacial score (nSPS) is 9.50. The molecule has 0 atom stereocenters. The average molecular weight is 254 g/mol. The minimum Gasteiger partial charge on any atom is -0.206 e. The van der Waals surface area contributed by atoms with E-state index >= 15 is 0 Å². The summed E-state index contributed by atoms with van der Waals surface area (Å²) in [5, 5.41) is 17.9. The fraction of sp³-hybridized carbons (Fsp3) is 0. The first-order valence-corrected chi connectivity index (χ1v) is 5.93. The fourth-order valence-electron chi connectivity index (χ4n) is 1.46. The summed E-state index contributed by atoms with van der Waals surface area (Å²) in [4.78, 5) is 1.22. The molecule has 0 aliphatic rings. The molecule has 0 heterocycles. The minimum atomic E-state index is -0.545. The lowest BCUT2D eigenvalue weighted by atomic mass is 10.2. The third-order valence-electron chi connectivity index (χ3n) is 2.31. The molecule has 0 saturated carbocycles. The molecule has 2 aromatic carbocycles. The second-order valence-electron chi connectivity index (χ2n) is 3.43. The summed E-state index contributed by atoms with van der Waals surface area (Å²) in [6.45, 7) is 0. The van der Waals surface area contributed by atoms with E-state index in [-0.39, 0.29) is 5.56 Å². The van der Waals surface area contributed by atoms with E-state index in [2.05, 4.69) is 6.07 Å². The van der Waals surface area contributed by atoms with Gasteiger partial charge >= 0.3 is 0 Å². The Hall–Kier alpha value is -2.30. The maximum Gasteiger partial charge on any atom is 0.142 e. The minimum absolute atomic E-state index is 0.00948. The monoisotopic (exact) mass is 254 g/mol. The summed E-state index contributed by atoms with van der Waals surface area (Å²) >= 11 is 1.22. The van der Waals surface area contributed by atoms with Crippen molar-refractivity contribution < 1.29 is 4.39 Å². The van der Waals surface area contributed by atoms with Crippen LogP contribution in [0.3, 0.4) is 0 Å². The number of halogens is 1. The summed E-state index contributed by atoms with van der Waals surface area (Å²) in [6.07, 6.45) is 0. The molecule has 2 aromatic rings. The largest absolute Gasteiger partial charge is 0.206 e. The lowest BCUT2D eigenvalue weighted by Crippen LogP contribution is -1.88. The van der Waals surface area contributed by atoms with Crippen LogP contribution in [0.4, 0.5) is 4.39 Å². The van der Waals surface area contributed by atoms with Crippen LogP contribution < -0.4 is 0 Å². The summed E-state index contributed by atoms with van der Waals surface area (Å²) < 4.78 is 13.4. The van der Waals surface area contributed by atoms with Crippen molar-refractivity contribution in [2.24, 2.45) is 0 Å². The first kappa shape index (κ1) is 12.2. The second-order valence-corrected chi connectivity index (χ2v) is 4.52. The first-order valence-electron chi connectivity index (χ1n) is 5.12. The second kappa shape index (κ2) is 5.35. The zero-order chi connectivity index (χ0) is 13.0. The van der Waals surface area contributed by atoms with Crippen LogP contribution in [0.15, 0.2) is 52.3 Å². The van der Waals surface area contributed by atoms with Crippen molar-refractivity contribution in [2.75, 3.05) is 0 Å². The first-order chi connectivity index (χ1) is 8.76. The highest BCUT2D eigenvalue weighted by Gasteiger charge is 2.10. The molecule has 0 bridgehead atoms. The molecule has 0 spiro atoms. The number of hydrogen-bond donors (Lipinski definition) is 0. The quantitative estimate of drug-likeness (QED) is 0.820. The lowest BCUT2D eigenvalue weighted by molar-refractivity contribution is 0.620. The van der Waals surface area contributed by atoms with E-state index < -0.39 is 5.82 Å². The van der Waals surface area contributed by atoms with Gasteiger partial charge in [0.1, 0.15) is 23.5 Å². The third-order valence-corrected chi connectivity index (χ3v) is 3.45. The predicted octanol–water partition coefficient (Wildman–Crippen LogP) is 3.72. The van der Waals surface area contributed by atoms with Gasteiger partial charge in [-0.25, -0.2) is 4.39 Å². The smallest absolute Gasteiger partial charge is 0.142 e.